The monoisotopic (exact) mass is 280 g/mol. The van der Waals surface area contributed by atoms with Crippen LogP contribution in [-0.4, -0.2) is 53.3 Å². The summed E-state index contributed by atoms with van der Waals surface area (Å²) in [5, 5.41) is 15.5. The summed E-state index contributed by atoms with van der Waals surface area (Å²) in [6.07, 6.45) is 2.12. The number of hydrogen-bond donors (Lipinski definition) is 3. The molecular formula is C13H24N6O. The van der Waals surface area contributed by atoms with Crippen molar-refractivity contribution in [2.75, 3.05) is 48.8 Å². The Labute approximate surface area is 119 Å². The molecule has 7 nitrogen and oxygen atoms in total. The summed E-state index contributed by atoms with van der Waals surface area (Å²) in [4.78, 5) is 15.2. The van der Waals surface area contributed by atoms with Crippen LogP contribution in [0.15, 0.2) is 0 Å². The third kappa shape index (κ3) is 3.27. The van der Waals surface area contributed by atoms with E-state index < -0.39 is 0 Å². The summed E-state index contributed by atoms with van der Waals surface area (Å²) >= 11 is 0. The normalized spacial score (nSPS) is 15.8. The van der Waals surface area contributed by atoms with Gasteiger partial charge in [-0.3, -0.25) is 0 Å². The zero-order valence-corrected chi connectivity index (χ0v) is 12.5. The van der Waals surface area contributed by atoms with Crippen LogP contribution in [0.5, 0.6) is 0 Å². The van der Waals surface area contributed by atoms with E-state index in [1.165, 1.54) is 0 Å². The molecular weight excluding hydrogens is 256 g/mol. The number of aliphatic hydroxyl groups is 1. The quantitative estimate of drug-likeness (QED) is 0.653. The molecule has 0 bridgehead atoms. The molecule has 0 spiro atoms. The number of aliphatic hydroxyl groups excluding tert-OH is 1. The van der Waals surface area contributed by atoms with E-state index in [1.807, 2.05) is 0 Å². The molecule has 0 aromatic carbocycles. The van der Waals surface area contributed by atoms with Crippen molar-refractivity contribution in [3.05, 3.63) is 0 Å². The van der Waals surface area contributed by atoms with E-state index in [-0.39, 0.29) is 12.0 Å². The van der Waals surface area contributed by atoms with Gasteiger partial charge in [0.25, 0.3) is 0 Å². The summed E-state index contributed by atoms with van der Waals surface area (Å²) in [6, 6.07) is 0. The van der Waals surface area contributed by atoms with Crippen molar-refractivity contribution in [3.8, 4) is 0 Å². The van der Waals surface area contributed by atoms with E-state index >= 15 is 0 Å². The summed E-state index contributed by atoms with van der Waals surface area (Å²) in [5.41, 5.74) is 0.0296. The van der Waals surface area contributed by atoms with Gasteiger partial charge in [0.05, 0.1) is 6.61 Å². The summed E-state index contributed by atoms with van der Waals surface area (Å²) in [6.45, 7) is 6.77. The molecule has 112 valence electrons. The van der Waals surface area contributed by atoms with Crippen LogP contribution in [0.25, 0.3) is 0 Å². The number of rotatable bonds is 8. The van der Waals surface area contributed by atoms with Gasteiger partial charge in [0.15, 0.2) is 0 Å². The maximum atomic E-state index is 9.34. The van der Waals surface area contributed by atoms with Crippen LogP contribution in [-0.2, 0) is 0 Å². The van der Waals surface area contributed by atoms with Gasteiger partial charge in [0.2, 0.25) is 17.8 Å². The lowest BCUT2D eigenvalue weighted by Gasteiger charge is -2.20. The van der Waals surface area contributed by atoms with Crippen molar-refractivity contribution < 1.29 is 5.11 Å². The highest BCUT2D eigenvalue weighted by atomic mass is 16.3. The fourth-order valence-corrected chi connectivity index (χ4v) is 2.04. The van der Waals surface area contributed by atoms with Gasteiger partial charge in [-0.05, 0) is 26.7 Å². The Morgan fingerprint density at radius 2 is 1.80 bits per heavy atom. The van der Waals surface area contributed by atoms with E-state index in [0.717, 1.165) is 25.9 Å². The Balaban J connectivity index is 2.13. The second-order valence-electron chi connectivity index (χ2n) is 5.22. The third-order valence-electron chi connectivity index (χ3n) is 3.81. The van der Waals surface area contributed by atoms with Gasteiger partial charge in [0, 0.05) is 32.1 Å². The predicted octanol–water partition coefficient (Wildman–Crippen LogP) is 0.944. The first kappa shape index (κ1) is 14.8. The van der Waals surface area contributed by atoms with Gasteiger partial charge in [-0.15, -0.1) is 0 Å². The van der Waals surface area contributed by atoms with Crippen LogP contribution < -0.4 is 15.5 Å². The molecule has 1 aliphatic carbocycles. The number of anilines is 3. The summed E-state index contributed by atoms with van der Waals surface area (Å²) in [5.74, 6) is 1.79. The fourth-order valence-electron chi connectivity index (χ4n) is 2.04. The van der Waals surface area contributed by atoms with Gasteiger partial charge < -0.3 is 20.6 Å². The first-order valence-electron chi connectivity index (χ1n) is 7.20. The number of nitrogens with one attached hydrogen (secondary N) is 2. The Morgan fingerprint density at radius 1 is 1.15 bits per heavy atom. The number of nitrogens with zero attached hydrogens (tertiary/aromatic N) is 4. The maximum absolute atomic E-state index is 9.34. The lowest BCUT2D eigenvalue weighted by Crippen LogP contribution is -2.26. The molecule has 1 aromatic heterocycles. The first-order chi connectivity index (χ1) is 9.66. The molecule has 3 N–H and O–H groups in total. The molecule has 7 heteroatoms. The topological polar surface area (TPSA) is 86.2 Å². The van der Waals surface area contributed by atoms with Crippen LogP contribution in [0.1, 0.15) is 26.7 Å². The summed E-state index contributed by atoms with van der Waals surface area (Å²) < 4.78 is 0. The highest BCUT2D eigenvalue weighted by Crippen LogP contribution is 2.44. The minimum absolute atomic E-state index is 0.0296. The van der Waals surface area contributed by atoms with Crippen molar-refractivity contribution in [3.63, 3.8) is 0 Å². The zero-order valence-electron chi connectivity index (χ0n) is 12.5. The molecule has 1 aromatic rings. The average molecular weight is 280 g/mol. The van der Waals surface area contributed by atoms with Gasteiger partial charge in [-0.2, -0.15) is 15.0 Å². The molecule has 0 unspecified atom stereocenters. The van der Waals surface area contributed by atoms with Crippen LogP contribution in [0, 0.1) is 5.41 Å². The SMILES string of the molecule is CCN(CC)c1nc(NC)nc(NCC2(CO)CC2)n1. The summed E-state index contributed by atoms with van der Waals surface area (Å²) in [7, 11) is 1.79. The van der Waals surface area contributed by atoms with E-state index in [0.29, 0.717) is 24.4 Å². The molecule has 0 atom stereocenters. The van der Waals surface area contributed by atoms with Gasteiger partial charge in [-0.1, -0.05) is 0 Å². The Bertz CT molecular complexity index is 444. The van der Waals surface area contributed by atoms with Crippen molar-refractivity contribution in [2.45, 2.75) is 26.7 Å². The minimum atomic E-state index is 0.0296. The van der Waals surface area contributed by atoms with Crippen molar-refractivity contribution in [2.24, 2.45) is 5.41 Å². The zero-order chi connectivity index (χ0) is 14.6. The number of hydrogen-bond acceptors (Lipinski definition) is 7. The van der Waals surface area contributed by atoms with Crippen molar-refractivity contribution in [1.82, 2.24) is 15.0 Å². The largest absolute Gasteiger partial charge is 0.396 e. The Kier molecular flexibility index (Phi) is 4.59. The molecule has 1 aliphatic rings. The molecule has 0 saturated heterocycles. The predicted molar refractivity (Wildman–Crippen MR) is 80.2 cm³/mol. The first-order valence-corrected chi connectivity index (χ1v) is 7.20. The van der Waals surface area contributed by atoms with Crippen LogP contribution in [0.2, 0.25) is 0 Å². The van der Waals surface area contributed by atoms with Crippen LogP contribution in [0.4, 0.5) is 17.8 Å². The smallest absolute Gasteiger partial charge is 0.231 e. The lowest BCUT2D eigenvalue weighted by atomic mass is 10.1. The second-order valence-corrected chi connectivity index (χ2v) is 5.22. The molecule has 20 heavy (non-hydrogen) atoms. The van der Waals surface area contributed by atoms with E-state index in [1.54, 1.807) is 7.05 Å². The van der Waals surface area contributed by atoms with Crippen LogP contribution in [0.3, 0.4) is 0 Å². The number of aromatic nitrogens is 3. The molecule has 0 radical (unpaired) electrons. The van der Waals surface area contributed by atoms with E-state index in [4.69, 9.17) is 0 Å². The van der Waals surface area contributed by atoms with Crippen LogP contribution >= 0.6 is 0 Å². The van der Waals surface area contributed by atoms with E-state index in [9.17, 15) is 5.11 Å². The highest BCUT2D eigenvalue weighted by molar-refractivity contribution is 5.43. The molecule has 2 rings (SSSR count). The second kappa shape index (κ2) is 6.21. The Hall–Kier alpha value is -1.63. The highest BCUT2D eigenvalue weighted by Gasteiger charge is 2.41. The van der Waals surface area contributed by atoms with Gasteiger partial charge >= 0.3 is 0 Å². The maximum Gasteiger partial charge on any atom is 0.231 e. The van der Waals surface area contributed by atoms with Gasteiger partial charge in [-0.25, -0.2) is 0 Å². The van der Waals surface area contributed by atoms with E-state index in [2.05, 4.69) is 44.3 Å². The van der Waals surface area contributed by atoms with Crippen molar-refractivity contribution >= 4 is 17.8 Å². The Morgan fingerprint density at radius 3 is 2.30 bits per heavy atom. The molecule has 1 fully saturated rings. The molecule has 0 amide bonds. The lowest BCUT2D eigenvalue weighted by molar-refractivity contribution is 0.219. The molecule has 0 aliphatic heterocycles. The fraction of sp³-hybridized carbons (Fsp3) is 0.769. The van der Waals surface area contributed by atoms with Crippen molar-refractivity contribution in [1.29, 1.82) is 0 Å². The molecule has 1 saturated carbocycles. The third-order valence-corrected chi connectivity index (χ3v) is 3.81. The minimum Gasteiger partial charge on any atom is -0.396 e. The average Bonchev–Trinajstić information content (AvgIpc) is 3.27. The van der Waals surface area contributed by atoms with Gasteiger partial charge in [0.1, 0.15) is 0 Å². The molecule has 1 heterocycles. The standard InChI is InChI=1S/C13H24N6O/c1-4-19(5-2)12-17-10(14-3)16-11(18-12)15-8-13(9-20)6-7-13/h20H,4-9H2,1-3H3,(H2,14,15,16,17,18).